The number of rotatable bonds is 6. The molecule has 1 aromatic carbocycles. The fraction of sp³-hybridized carbons (Fsp3) is 0.600. The minimum atomic E-state index is -0.220. The number of likely N-dealkylation sites (tertiary alicyclic amines) is 1. The summed E-state index contributed by atoms with van der Waals surface area (Å²) in [5.74, 6) is 1.65. The lowest BCUT2D eigenvalue weighted by Gasteiger charge is -2.32. The number of nitrogens with zero attached hydrogens (tertiary/aromatic N) is 2. The Bertz CT molecular complexity index is 620. The van der Waals surface area contributed by atoms with E-state index >= 15 is 0 Å². The molecule has 1 heterocycles. The molecule has 1 aliphatic rings. The van der Waals surface area contributed by atoms with Crippen LogP contribution < -0.4 is 15.4 Å². The third-order valence-electron chi connectivity index (χ3n) is 4.44. The summed E-state index contributed by atoms with van der Waals surface area (Å²) in [7, 11) is 1.76. The van der Waals surface area contributed by atoms with Gasteiger partial charge in [0, 0.05) is 26.2 Å². The fourth-order valence-corrected chi connectivity index (χ4v) is 3.16. The molecule has 1 aromatic rings. The van der Waals surface area contributed by atoms with Crippen LogP contribution in [0, 0.1) is 13.8 Å². The lowest BCUT2D eigenvalue weighted by molar-refractivity contribution is 0.0963. The Morgan fingerprint density at radius 1 is 1.22 bits per heavy atom. The minimum absolute atomic E-state index is 0.220. The van der Waals surface area contributed by atoms with E-state index in [2.05, 4.69) is 35.5 Å². The van der Waals surface area contributed by atoms with E-state index in [4.69, 9.17) is 9.47 Å². The number of guanidine groups is 1. The van der Waals surface area contributed by atoms with Gasteiger partial charge in [0.15, 0.2) is 5.96 Å². The molecule has 0 unspecified atom stereocenters. The number of carbonyl (C=O) groups excluding carboxylic acids is 1. The van der Waals surface area contributed by atoms with Crippen LogP contribution in [-0.2, 0) is 4.74 Å². The molecule has 0 aromatic heterocycles. The molecule has 27 heavy (non-hydrogen) atoms. The van der Waals surface area contributed by atoms with Gasteiger partial charge in [-0.25, -0.2) is 4.79 Å². The number of aliphatic imine (C=N–C) groups is 1. The Kier molecular flexibility index (Phi) is 8.23. The van der Waals surface area contributed by atoms with Gasteiger partial charge in [0.25, 0.3) is 0 Å². The Morgan fingerprint density at radius 2 is 1.89 bits per heavy atom. The largest absolute Gasteiger partial charge is 0.492 e. The zero-order valence-corrected chi connectivity index (χ0v) is 16.9. The van der Waals surface area contributed by atoms with Crippen molar-refractivity contribution < 1.29 is 14.3 Å². The molecular formula is C20H32N4O3. The third-order valence-corrected chi connectivity index (χ3v) is 4.44. The lowest BCUT2D eigenvalue weighted by Crippen LogP contribution is -2.50. The summed E-state index contributed by atoms with van der Waals surface area (Å²) in [6, 6.07) is 6.50. The summed E-state index contributed by atoms with van der Waals surface area (Å²) < 4.78 is 10.9. The monoisotopic (exact) mass is 376 g/mol. The highest BCUT2D eigenvalue weighted by Gasteiger charge is 2.23. The van der Waals surface area contributed by atoms with E-state index in [0.717, 1.165) is 24.6 Å². The Morgan fingerprint density at radius 3 is 2.48 bits per heavy atom. The second kappa shape index (κ2) is 10.6. The van der Waals surface area contributed by atoms with Gasteiger partial charge in [-0.2, -0.15) is 0 Å². The zero-order valence-electron chi connectivity index (χ0n) is 16.9. The van der Waals surface area contributed by atoms with Crippen molar-refractivity contribution in [3.8, 4) is 5.75 Å². The zero-order chi connectivity index (χ0) is 19.6. The normalized spacial score (nSPS) is 15.4. The molecule has 0 saturated carbocycles. The number of carbonyl (C=O) groups is 1. The molecule has 1 fully saturated rings. The number of hydrogen-bond donors (Lipinski definition) is 2. The van der Waals surface area contributed by atoms with Gasteiger partial charge in [0.1, 0.15) is 12.4 Å². The van der Waals surface area contributed by atoms with Gasteiger partial charge in [-0.3, -0.25) is 4.99 Å². The standard InChI is InChI=1S/C20H32N4O3/c1-5-26-20(25)24-9-6-17(7-10-24)23-19(21-4)22-8-11-27-18-13-15(2)12-16(3)14-18/h12-14,17H,5-11H2,1-4H3,(H2,21,22,23). The van der Waals surface area contributed by atoms with Crippen LogP contribution in [0.15, 0.2) is 23.2 Å². The van der Waals surface area contributed by atoms with Crippen LogP contribution in [0.4, 0.5) is 4.79 Å². The van der Waals surface area contributed by atoms with Gasteiger partial charge in [0.2, 0.25) is 0 Å². The number of amides is 1. The maximum Gasteiger partial charge on any atom is 0.409 e. The average molecular weight is 377 g/mol. The molecular weight excluding hydrogens is 344 g/mol. The van der Waals surface area contributed by atoms with E-state index < -0.39 is 0 Å². The number of nitrogens with one attached hydrogen (secondary N) is 2. The molecule has 0 atom stereocenters. The summed E-state index contributed by atoms with van der Waals surface area (Å²) in [5.41, 5.74) is 2.40. The molecule has 1 saturated heterocycles. The SMILES string of the molecule is CCOC(=O)N1CCC(NC(=NC)NCCOc2cc(C)cc(C)c2)CC1. The molecule has 0 radical (unpaired) electrons. The van der Waals surface area contributed by atoms with Crippen molar-refractivity contribution in [3.05, 3.63) is 29.3 Å². The van der Waals surface area contributed by atoms with Gasteiger partial charge in [-0.15, -0.1) is 0 Å². The molecule has 7 heteroatoms. The quantitative estimate of drug-likeness (QED) is 0.453. The number of benzene rings is 1. The number of aryl methyl sites for hydroxylation is 2. The van der Waals surface area contributed by atoms with E-state index in [1.807, 2.05) is 19.1 Å². The summed E-state index contributed by atoms with van der Waals surface area (Å²) in [4.78, 5) is 17.8. The molecule has 2 rings (SSSR count). The lowest BCUT2D eigenvalue weighted by atomic mass is 10.1. The second-order valence-electron chi connectivity index (χ2n) is 6.78. The Balaban J connectivity index is 1.68. The molecule has 0 bridgehead atoms. The number of hydrogen-bond acceptors (Lipinski definition) is 4. The van der Waals surface area contributed by atoms with Crippen molar-refractivity contribution in [1.29, 1.82) is 0 Å². The van der Waals surface area contributed by atoms with E-state index in [0.29, 0.717) is 38.9 Å². The van der Waals surface area contributed by atoms with Crippen molar-refractivity contribution in [2.45, 2.75) is 39.7 Å². The van der Waals surface area contributed by atoms with Crippen LogP contribution in [0.1, 0.15) is 30.9 Å². The van der Waals surface area contributed by atoms with E-state index in [1.165, 1.54) is 11.1 Å². The van der Waals surface area contributed by atoms with Crippen LogP contribution in [0.5, 0.6) is 5.75 Å². The maximum absolute atomic E-state index is 11.7. The van der Waals surface area contributed by atoms with Crippen LogP contribution in [-0.4, -0.2) is 62.9 Å². The van der Waals surface area contributed by atoms with Gasteiger partial charge in [-0.05, 0) is 56.9 Å². The van der Waals surface area contributed by atoms with Crippen molar-refractivity contribution in [1.82, 2.24) is 15.5 Å². The van der Waals surface area contributed by atoms with Crippen LogP contribution in [0.3, 0.4) is 0 Å². The summed E-state index contributed by atoms with van der Waals surface area (Å²) in [6.07, 6.45) is 1.53. The first-order chi connectivity index (χ1) is 13.0. The van der Waals surface area contributed by atoms with Crippen LogP contribution in [0.2, 0.25) is 0 Å². The second-order valence-corrected chi connectivity index (χ2v) is 6.78. The number of ether oxygens (including phenoxy) is 2. The maximum atomic E-state index is 11.7. The topological polar surface area (TPSA) is 75.2 Å². The molecule has 1 aliphatic heterocycles. The predicted octanol–water partition coefficient (Wildman–Crippen LogP) is 2.47. The molecule has 1 amide bonds. The summed E-state index contributed by atoms with van der Waals surface area (Å²) in [6.45, 7) is 8.99. The number of piperidine rings is 1. The fourth-order valence-electron chi connectivity index (χ4n) is 3.16. The van der Waals surface area contributed by atoms with Crippen LogP contribution in [0.25, 0.3) is 0 Å². The molecule has 7 nitrogen and oxygen atoms in total. The highest BCUT2D eigenvalue weighted by molar-refractivity contribution is 5.80. The smallest absolute Gasteiger partial charge is 0.409 e. The third kappa shape index (κ3) is 7.00. The molecule has 0 aliphatic carbocycles. The van der Waals surface area contributed by atoms with Gasteiger partial charge in [0.05, 0.1) is 13.2 Å². The molecule has 150 valence electrons. The molecule has 0 spiro atoms. The van der Waals surface area contributed by atoms with Gasteiger partial charge < -0.3 is 25.0 Å². The molecule has 2 N–H and O–H groups in total. The van der Waals surface area contributed by atoms with Crippen molar-refractivity contribution >= 4 is 12.1 Å². The van der Waals surface area contributed by atoms with Crippen LogP contribution >= 0.6 is 0 Å². The minimum Gasteiger partial charge on any atom is -0.492 e. The first kappa shape index (κ1) is 20.9. The van der Waals surface area contributed by atoms with Crippen molar-refractivity contribution in [3.63, 3.8) is 0 Å². The van der Waals surface area contributed by atoms with E-state index in [-0.39, 0.29) is 6.09 Å². The summed E-state index contributed by atoms with van der Waals surface area (Å²) in [5, 5.41) is 6.70. The van der Waals surface area contributed by atoms with Crippen molar-refractivity contribution in [2.24, 2.45) is 4.99 Å². The Hall–Kier alpha value is -2.44. The average Bonchev–Trinajstić information content (AvgIpc) is 2.64. The van der Waals surface area contributed by atoms with E-state index in [9.17, 15) is 4.79 Å². The summed E-state index contributed by atoms with van der Waals surface area (Å²) >= 11 is 0. The first-order valence-electron chi connectivity index (χ1n) is 9.61. The first-order valence-corrected chi connectivity index (χ1v) is 9.61. The van der Waals surface area contributed by atoms with E-state index in [1.54, 1.807) is 11.9 Å². The highest BCUT2D eigenvalue weighted by atomic mass is 16.6. The van der Waals surface area contributed by atoms with Crippen molar-refractivity contribution in [2.75, 3.05) is 39.9 Å². The predicted molar refractivity (Wildman–Crippen MR) is 108 cm³/mol. The Labute approximate surface area is 162 Å². The van der Waals surface area contributed by atoms with Gasteiger partial charge in [-0.1, -0.05) is 6.07 Å². The van der Waals surface area contributed by atoms with Gasteiger partial charge >= 0.3 is 6.09 Å². The highest BCUT2D eigenvalue weighted by Crippen LogP contribution is 2.16.